The normalized spacial score (nSPS) is 10.8. The van der Waals surface area contributed by atoms with E-state index in [-0.39, 0.29) is 5.91 Å². The Hall–Kier alpha value is -1.92. The van der Waals surface area contributed by atoms with Gasteiger partial charge in [0, 0.05) is 39.1 Å². The quantitative estimate of drug-likeness (QED) is 0.677. The topological polar surface area (TPSA) is 67.7 Å². The van der Waals surface area contributed by atoms with Crippen LogP contribution in [0.5, 0.6) is 0 Å². The maximum atomic E-state index is 11.8. The standard InChI is InChI=1S/C14H20N4O2/c1-20-9-7-15-5-6-16-14(19)10-12-11-18-8-3-2-4-13(18)17-12/h2-4,8,11,15H,5-7,9-10H2,1H3,(H,16,19). The number of ether oxygens (including phenoxy) is 1. The van der Waals surface area contributed by atoms with Gasteiger partial charge in [-0.3, -0.25) is 4.79 Å². The number of fused-ring (bicyclic) bond motifs is 1. The minimum absolute atomic E-state index is 0.0121. The zero-order chi connectivity index (χ0) is 14.2. The van der Waals surface area contributed by atoms with Crippen LogP contribution in [0.25, 0.3) is 5.65 Å². The molecule has 0 aliphatic carbocycles. The number of aromatic nitrogens is 2. The van der Waals surface area contributed by atoms with Crippen LogP contribution in [0.15, 0.2) is 30.6 Å². The average molecular weight is 276 g/mol. The van der Waals surface area contributed by atoms with Crippen molar-refractivity contribution in [2.75, 3.05) is 33.4 Å². The minimum Gasteiger partial charge on any atom is -0.383 e. The number of hydrogen-bond acceptors (Lipinski definition) is 4. The van der Waals surface area contributed by atoms with Crippen LogP contribution in [0, 0.1) is 0 Å². The lowest BCUT2D eigenvalue weighted by Gasteiger charge is -2.05. The van der Waals surface area contributed by atoms with Crippen LogP contribution in [0.4, 0.5) is 0 Å². The minimum atomic E-state index is -0.0121. The summed E-state index contributed by atoms with van der Waals surface area (Å²) in [7, 11) is 1.66. The first kappa shape index (κ1) is 14.5. The number of pyridine rings is 1. The van der Waals surface area contributed by atoms with E-state index in [1.165, 1.54) is 0 Å². The Morgan fingerprint density at radius 3 is 3.05 bits per heavy atom. The first-order valence-corrected chi connectivity index (χ1v) is 6.68. The predicted molar refractivity (Wildman–Crippen MR) is 76.7 cm³/mol. The first-order valence-electron chi connectivity index (χ1n) is 6.68. The van der Waals surface area contributed by atoms with E-state index in [2.05, 4.69) is 15.6 Å². The molecule has 20 heavy (non-hydrogen) atoms. The summed E-state index contributed by atoms with van der Waals surface area (Å²) < 4.78 is 6.83. The molecule has 0 unspecified atom stereocenters. The molecule has 2 N–H and O–H groups in total. The third kappa shape index (κ3) is 4.32. The summed E-state index contributed by atoms with van der Waals surface area (Å²) >= 11 is 0. The van der Waals surface area contributed by atoms with Gasteiger partial charge in [0.05, 0.1) is 18.7 Å². The Morgan fingerprint density at radius 1 is 1.35 bits per heavy atom. The average Bonchev–Trinajstić information content (AvgIpc) is 2.84. The summed E-state index contributed by atoms with van der Waals surface area (Å²) in [5, 5.41) is 6.03. The second-order valence-electron chi connectivity index (χ2n) is 4.47. The molecule has 2 heterocycles. The van der Waals surface area contributed by atoms with Crippen LogP contribution in [-0.4, -0.2) is 48.6 Å². The molecule has 0 spiro atoms. The fraction of sp³-hybridized carbons (Fsp3) is 0.429. The highest BCUT2D eigenvalue weighted by atomic mass is 16.5. The van der Waals surface area contributed by atoms with Crippen LogP contribution in [0.1, 0.15) is 5.69 Å². The summed E-state index contributed by atoms with van der Waals surface area (Å²) in [6.07, 6.45) is 4.11. The SMILES string of the molecule is COCCNCCNC(=O)Cc1cn2ccccc2n1. The van der Waals surface area contributed by atoms with Gasteiger partial charge in [0.2, 0.25) is 5.91 Å². The Morgan fingerprint density at radius 2 is 2.25 bits per heavy atom. The number of methoxy groups -OCH3 is 1. The van der Waals surface area contributed by atoms with Gasteiger partial charge in [-0.15, -0.1) is 0 Å². The monoisotopic (exact) mass is 276 g/mol. The van der Waals surface area contributed by atoms with Crippen molar-refractivity contribution in [2.45, 2.75) is 6.42 Å². The zero-order valence-electron chi connectivity index (χ0n) is 11.6. The van der Waals surface area contributed by atoms with Crippen molar-refractivity contribution >= 4 is 11.6 Å². The van der Waals surface area contributed by atoms with E-state index in [0.29, 0.717) is 19.6 Å². The highest BCUT2D eigenvalue weighted by molar-refractivity contribution is 5.78. The number of rotatable bonds is 8. The summed E-state index contributed by atoms with van der Waals surface area (Å²) in [6, 6.07) is 5.78. The highest BCUT2D eigenvalue weighted by Gasteiger charge is 2.06. The lowest BCUT2D eigenvalue weighted by molar-refractivity contribution is -0.120. The van der Waals surface area contributed by atoms with Gasteiger partial charge in [-0.1, -0.05) is 6.07 Å². The second-order valence-corrected chi connectivity index (χ2v) is 4.47. The molecule has 108 valence electrons. The molecule has 0 aliphatic heterocycles. The van der Waals surface area contributed by atoms with E-state index in [0.717, 1.165) is 24.4 Å². The first-order chi connectivity index (χ1) is 9.79. The largest absolute Gasteiger partial charge is 0.383 e. The van der Waals surface area contributed by atoms with E-state index < -0.39 is 0 Å². The molecule has 0 atom stereocenters. The molecular formula is C14H20N4O2. The lowest BCUT2D eigenvalue weighted by atomic mass is 10.3. The molecule has 2 aromatic heterocycles. The van der Waals surface area contributed by atoms with Crippen LogP contribution < -0.4 is 10.6 Å². The van der Waals surface area contributed by atoms with Gasteiger partial charge in [0.1, 0.15) is 5.65 Å². The summed E-state index contributed by atoms with van der Waals surface area (Å²) in [5.41, 5.74) is 1.64. The second kappa shape index (κ2) is 7.62. The number of amides is 1. The third-order valence-corrected chi connectivity index (χ3v) is 2.86. The molecule has 2 rings (SSSR count). The van der Waals surface area contributed by atoms with Crippen molar-refractivity contribution in [2.24, 2.45) is 0 Å². The number of carbonyl (C=O) groups excluding carboxylic acids is 1. The van der Waals surface area contributed by atoms with E-state index in [4.69, 9.17) is 4.74 Å². The van der Waals surface area contributed by atoms with Crippen LogP contribution >= 0.6 is 0 Å². The van der Waals surface area contributed by atoms with Crippen molar-refractivity contribution in [3.05, 3.63) is 36.3 Å². The molecule has 0 radical (unpaired) electrons. The Balaban J connectivity index is 1.71. The maximum Gasteiger partial charge on any atom is 0.226 e. The summed E-state index contributed by atoms with van der Waals surface area (Å²) in [5.74, 6) is -0.0121. The molecule has 0 saturated heterocycles. The van der Waals surface area contributed by atoms with Crippen molar-refractivity contribution in [3.63, 3.8) is 0 Å². The van der Waals surface area contributed by atoms with Crippen LogP contribution in [-0.2, 0) is 16.0 Å². The maximum absolute atomic E-state index is 11.8. The number of nitrogens with one attached hydrogen (secondary N) is 2. The van der Waals surface area contributed by atoms with E-state index in [1.54, 1.807) is 7.11 Å². The summed E-state index contributed by atoms with van der Waals surface area (Å²) in [6.45, 7) is 2.81. The van der Waals surface area contributed by atoms with Crippen molar-refractivity contribution in [1.82, 2.24) is 20.0 Å². The number of imidazole rings is 1. The molecule has 0 saturated carbocycles. The van der Waals surface area contributed by atoms with Crippen LogP contribution in [0.3, 0.4) is 0 Å². The molecule has 6 nitrogen and oxygen atoms in total. The molecule has 0 bridgehead atoms. The smallest absolute Gasteiger partial charge is 0.226 e. The molecule has 0 fully saturated rings. The fourth-order valence-electron chi connectivity index (χ4n) is 1.89. The van der Waals surface area contributed by atoms with Gasteiger partial charge < -0.3 is 19.8 Å². The third-order valence-electron chi connectivity index (χ3n) is 2.86. The van der Waals surface area contributed by atoms with Gasteiger partial charge in [0.15, 0.2) is 0 Å². The van der Waals surface area contributed by atoms with Gasteiger partial charge >= 0.3 is 0 Å². The number of carbonyl (C=O) groups is 1. The zero-order valence-corrected chi connectivity index (χ0v) is 11.6. The van der Waals surface area contributed by atoms with Gasteiger partial charge in [-0.2, -0.15) is 0 Å². The van der Waals surface area contributed by atoms with Crippen molar-refractivity contribution in [1.29, 1.82) is 0 Å². The molecule has 0 aliphatic rings. The van der Waals surface area contributed by atoms with E-state index in [1.807, 2.05) is 35.0 Å². The van der Waals surface area contributed by atoms with E-state index in [9.17, 15) is 4.79 Å². The molecule has 2 aromatic rings. The van der Waals surface area contributed by atoms with Gasteiger partial charge in [-0.25, -0.2) is 4.98 Å². The Kier molecular flexibility index (Phi) is 5.52. The summed E-state index contributed by atoms with van der Waals surface area (Å²) in [4.78, 5) is 16.2. The predicted octanol–water partition coefficient (Wildman–Crippen LogP) is 0.229. The van der Waals surface area contributed by atoms with Crippen molar-refractivity contribution in [3.8, 4) is 0 Å². The lowest BCUT2D eigenvalue weighted by Crippen LogP contribution is -2.33. The van der Waals surface area contributed by atoms with Crippen LogP contribution in [0.2, 0.25) is 0 Å². The molecule has 1 amide bonds. The molecular weight excluding hydrogens is 256 g/mol. The Bertz CT molecular complexity index is 520. The van der Waals surface area contributed by atoms with Gasteiger partial charge in [0.25, 0.3) is 0 Å². The fourth-order valence-corrected chi connectivity index (χ4v) is 1.89. The number of nitrogens with zero attached hydrogens (tertiary/aromatic N) is 2. The Labute approximate surface area is 118 Å². The molecule has 0 aromatic carbocycles. The van der Waals surface area contributed by atoms with Gasteiger partial charge in [-0.05, 0) is 12.1 Å². The van der Waals surface area contributed by atoms with Crippen molar-refractivity contribution < 1.29 is 9.53 Å². The van der Waals surface area contributed by atoms with E-state index >= 15 is 0 Å². The number of hydrogen-bond donors (Lipinski definition) is 2. The molecule has 6 heteroatoms. The highest BCUT2D eigenvalue weighted by Crippen LogP contribution is 2.04.